The van der Waals surface area contributed by atoms with E-state index in [1.807, 2.05) is 48.7 Å². The van der Waals surface area contributed by atoms with Crippen molar-refractivity contribution in [3.63, 3.8) is 0 Å². The SMILES string of the molecule is CC(C)c1nc(Nc2ccc3cn[nH]c3c2)c2ccccc2n1. The van der Waals surface area contributed by atoms with Gasteiger partial charge in [0.05, 0.1) is 17.2 Å². The first-order valence-electron chi connectivity index (χ1n) is 7.67. The second-order valence-corrected chi connectivity index (χ2v) is 5.90. The number of hydrogen-bond donors (Lipinski definition) is 2. The lowest BCUT2D eigenvalue weighted by Gasteiger charge is -2.12. The van der Waals surface area contributed by atoms with Gasteiger partial charge in [-0.1, -0.05) is 26.0 Å². The van der Waals surface area contributed by atoms with Gasteiger partial charge in [0.15, 0.2) is 0 Å². The van der Waals surface area contributed by atoms with E-state index >= 15 is 0 Å². The minimum absolute atomic E-state index is 0.273. The molecule has 0 saturated heterocycles. The van der Waals surface area contributed by atoms with Gasteiger partial charge in [-0.2, -0.15) is 5.10 Å². The average molecular weight is 303 g/mol. The molecule has 0 bridgehead atoms. The summed E-state index contributed by atoms with van der Waals surface area (Å²) in [6.45, 7) is 4.20. The van der Waals surface area contributed by atoms with Crippen LogP contribution in [0, 0.1) is 0 Å². The number of nitrogens with zero attached hydrogens (tertiary/aromatic N) is 3. The number of H-pyrrole nitrogens is 1. The number of para-hydroxylation sites is 1. The van der Waals surface area contributed by atoms with Gasteiger partial charge in [-0.3, -0.25) is 5.10 Å². The predicted octanol–water partition coefficient (Wildman–Crippen LogP) is 4.37. The Morgan fingerprint density at radius 2 is 1.91 bits per heavy atom. The van der Waals surface area contributed by atoms with Crippen molar-refractivity contribution in [2.75, 3.05) is 5.32 Å². The number of fused-ring (bicyclic) bond motifs is 2. The molecule has 0 unspecified atom stereocenters. The van der Waals surface area contributed by atoms with Crippen LogP contribution in [0.15, 0.2) is 48.7 Å². The maximum atomic E-state index is 4.72. The molecule has 0 aliphatic carbocycles. The van der Waals surface area contributed by atoms with E-state index in [0.717, 1.165) is 39.1 Å². The number of rotatable bonds is 3. The summed E-state index contributed by atoms with van der Waals surface area (Å²) in [7, 11) is 0. The molecule has 114 valence electrons. The topological polar surface area (TPSA) is 66.5 Å². The summed E-state index contributed by atoms with van der Waals surface area (Å²) in [6.07, 6.45) is 1.82. The number of aromatic nitrogens is 4. The first-order chi connectivity index (χ1) is 11.2. The maximum Gasteiger partial charge on any atom is 0.142 e. The van der Waals surface area contributed by atoms with E-state index in [4.69, 9.17) is 4.98 Å². The molecule has 5 heteroatoms. The molecule has 0 atom stereocenters. The van der Waals surface area contributed by atoms with Crippen LogP contribution in [-0.2, 0) is 0 Å². The van der Waals surface area contributed by atoms with Crippen molar-refractivity contribution in [2.24, 2.45) is 0 Å². The Balaban J connectivity index is 1.83. The highest BCUT2D eigenvalue weighted by Crippen LogP contribution is 2.27. The Morgan fingerprint density at radius 1 is 1.04 bits per heavy atom. The molecule has 2 heterocycles. The molecule has 0 radical (unpaired) electrons. The molecule has 0 spiro atoms. The summed E-state index contributed by atoms with van der Waals surface area (Å²) in [6, 6.07) is 14.2. The van der Waals surface area contributed by atoms with Gasteiger partial charge in [0, 0.05) is 22.4 Å². The molecule has 2 aromatic carbocycles. The highest BCUT2D eigenvalue weighted by molar-refractivity contribution is 5.92. The number of hydrogen-bond acceptors (Lipinski definition) is 4. The van der Waals surface area contributed by atoms with Gasteiger partial charge in [0.25, 0.3) is 0 Å². The first-order valence-corrected chi connectivity index (χ1v) is 7.67. The summed E-state index contributed by atoms with van der Waals surface area (Å²) in [5.41, 5.74) is 2.93. The molecule has 4 aromatic rings. The van der Waals surface area contributed by atoms with Crippen molar-refractivity contribution in [3.8, 4) is 0 Å². The Bertz CT molecular complexity index is 987. The zero-order chi connectivity index (χ0) is 15.8. The van der Waals surface area contributed by atoms with E-state index in [2.05, 4.69) is 34.3 Å². The van der Waals surface area contributed by atoms with Crippen LogP contribution in [0.25, 0.3) is 21.8 Å². The Morgan fingerprint density at radius 3 is 2.78 bits per heavy atom. The lowest BCUT2D eigenvalue weighted by atomic mass is 10.1. The fourth-order valence-corrected chi connectivity index (χ4v) is 2.60. The van der Waals surface area contributed by atoms with Gasteiger partial charge >= 0.3 is 0 Å². The van der Waals surface area contributed by atoms with Crippen LogP contribution >= 0.6 is 0 Å². The van der Waals surface area contributed by atoms with Gasteiger partial charge < -0.3 is 5.32 Å². The van der Waals surface area contributed by atoms with Crippen molar-refractivity contribution in [1.29, 1.82) is 0 Å². The van der Waals surface area contributed by atoms with Crippen LogP contribution in [0.4, 0.5) is 11.5 Å². The van der Waals surface area contributed by atoms with Crippen LogP contribution in [0.5, 0.6) is 0 Å². The van der Waals surface area contributed by atoms with Gasteiger partial charge in [0.2, 0.25) is 0 Å². The van der Waals surface area contributed by atoms with Crippen molar-refractivity contribution in [3.05, 3.63) is 54.5 Å². The Kier molecular flexibility index (Phi) is 3.19. The minimum atomic E-state index is 0.273. The number of aromatic amines is 1. The molecule has 4 rings (SSSR count). The van der Waals surface area contributed by atoms with E-state index in [0.29, 0.717) is 0 Å². The maximum absolute atomic E-state index is 4.72. The van der Waals surface area contributed by atoms with E-state index in [1.165, 1.54) is 0 Å². The predicted molar refractivity (Wildman–Crippen MR) is 93.0 cm³/mol. The highest BCUT2D eigenvalue weighted by atomic mass is 15.1. The first kappa shape index (κ1) is 13.7. The lowest BCUT2D eigenvalue weighted by molar-refractivity contribution is 0.785. The third-order valence-electron chi connectivity index (χ3n) is 3.84. The van der Waals surface area contributed by atoms with Gasteiger partial charge in [-0.05, 0) is 30.3 Å². The molecular formula is C18H17N5. The second kappa shape index (κ2) is 5.35. The van der Waals surface area contributed by atoms with Crippen LogP contribution in [-0.4, -0.2) is 20.2 Å². The summed E-state index contributed by atoms with van der Waals surface area (Å²) in [5, 5.41) is 12.6. The van der Waals surface area contributed by atoms with Gasteiger partial charge in [-0.25, -0.2) is 9.97 Å². The fourth-order valence-electron chi connectivity index (χ4n) is 2.60. The van der Waals surface area contributed by atoms with Crippen LogP contribution in [0.1, 0.15) is 25.6 Å². The van der Waals surface area contributed by atoms with E-state index in [9.17, 15) is 0 Å². The van der Waals surface area contributed by atoms with Crippen molar-refractivity contribution < 1.29 is 0 Å². The fraction of sp³-hybridized carbons (Fsp3) is 0.167. The quantitative estimate of drug-likeness (QED) is 0.589. The average Bonchev–Trinajstić information content (AvgIpc) is 3.02. The van der Waals surface area contributed by atoms with E-state index < -0.39 is 0 Å². The molecule has 0 saturated carbocycles. The zero-order valence-corrected chi connectivity index (χ0v) is 13.0. The van der Waals surface area contributed by atoms with Crippen molar-refractivity contribution in [2.45, 2.75) is 19.8 Å². The monoisotopic (exact) mass is 303 g/mol. The largest absolute Gasteiger partial charge is 0.340 e. The molecular weight excluding hydrogens is 286 g/mol. The van der Waals surface area contributed by atoms with Crippen LogP contribution < -0.4 is 5.32 Å². The molecule has 5 nitrogen and oxygen atoms in total. The van der Waals surface area contributed by atoms with E-state index in [-0.39, 0.29) is 5.92 Å². The Hall–Kier alpha value is -2.95. The van der Waals surface area contributed by atoms with Crippen LogP contribution in [0.3, 0.4) is 0 Å². The standard InChI is InChI=1S/C18H17N5/c1-11(2)17-21-15-6-4-3-5-14(15)18(22-17)20-13-8-7-12-10-19-23-16(12)9-13/h3-11H,1-2H3,(H,19,23)(H,20,21,22). The lowest BCUT2D eigenvalue weighted by Crippen LogP contribution is -2.03. The Labute approximate surface area is 133 Å². The van der Waals surface area contributed by atoms with Crippen molar-refractivity contribution >= 4 is 33.3 Å². The molecule has 2 N–H and O–H groups in total. The summed E-state index contributed by atoms with van der Waals surface area (Å²) in [5.74, 6) is 1.95. The van der Waals surface area contributed by atoms with Crippen molar-refractivity contribution in [1.82, 2.24) is 20.2 Å². The smallest absolute Gasteiger partial charge is 0.142 e. The number of benzene rings is 2. The van der Waals surface area contributed by atoms with E-state index in [1.54, 1.807) is 0 Å². The molecule has 2 aromatic heterocycles. The van der Waals surface area contributed by atoms with Gasteiger partial charge in [0.1, 0.15) is 11.6 Å². The third-order valence-corrected chi connectivity index (χ3v) is 3.84. The highest BCUT2D eigenvalue weighted by Gasteiger charge is 2.10. The zero-order valence-electron chi connectivity index (χ0n) is 13.0. The van der Waals surface area contributed by atoms with Crippen LogP contribution in [0.2, 0.25) is 0 Å². The summed E-state index contributed by atoms with van der Waals surface area (Å²) in [4.78, 5) is 9.37. The van der Waals surface area contributed by atoms with Gasteiger partial charge in [-0.15, -0.1) is 0 Å². The summed E-state index contributed by atoms with van der Waals surface area (Å²) < 4.78 is 0. The molecule has 0 amide bonds. The number of anilines is 2. The number of nitrogens with one attached hydrogen (secondary N) is 2. The molecule has 0 fully saturated rings. The molecule has 23 heavy (non-hydrogen) atoms. The minimum Gasteiger partial charge on any atom is -0.340 e. The molecule has 0 aliphatic heterocycles. The summed E-state index contributed by atoms with van der Waals surface area (Å²) >= 11 is 0. The second-order valence-electron chi connectivity index (χ2n) is 5.90. The third kappa shape index (κ3) is 2.50. The molecule has 0 aliphatic rings. The normalized spacial score (nSPS) is 11.4.